The van der Waals surface area contributed by atoms with Crippen LogP contribution in [0.2, 0.25) is 0 Å². The first-order valence-corrected chi connectivity index (χ1v) is 7.60. The molecule has 0 atom stereocenters. The van der Waals surface area contributed by atoms with Gasteiger partial charge in [0, 0.05) is 16.8 Å². The van der Waals surface area contributed by atoms with Crippen molar-refractivity contribution in [2.75, 3.05) is 11.9 Å². The minimum Gasteiger partial charge on any atom is -0.343 e. The van der Waals surface area contributed by atoms with Crippen LogP contribution in [0.1, 0.15) is 25.0 Å². The lowest BCUT2D eigenvalue weighted by Crippen LogP contribution is -2.14. The fourth-order valence-electron chi connectivity index (χ4n) is 2.21. The quantitative estimate of drug-likeness (QED) is 0.617. The number of anilines is 2. The van der Waals surface area contributed by atoms with Crippen molar-refractivity contribution in [3.05, 3.63) is 47.5 Å². The van der Waals surface area contributed by atoms with E-state index in [-0.39, 0.29) is 0 Å². The Morgan fingerprint density at radius 2 is 1.21 bits per heavy atom. The third-order valence-electron chi connectivity index (χ3n) is 3.17. The molecule has 19 heavy (non-hydrogen) atoms. The second-order valence-electron chi connectivity index (χ2n) is 4.60. The number of hydrogen-bond acceptors (Lipinski definition) is 2. The van der Waals surface area contributed by atoms with Crippen LogP contribution < -0.4 is 4.90 Å². The van der Waals surface area contributed by atoms with Gasteiger partial charge in [0.2, 0.25) is 0 Å². The number of nitrogens with zero attached hydrogens (tertiary/aromatic N) is 1. The first-order chi connectivity index (χ1) is 9.15. The summed E-state index contributed by atoms with van der Waals surface area (Å²) in [6.07, 6.45) is 0. The van der Waals surface area contributed by atoms with Gasteiger partial charge in [-0.25, -0.2) is 0 Å². The molecule has 0 unspecified atom stereocenters. The maximum Gasteiger partial charge on any atom is 0.0550 e. The highest BCUT2D eigenvalue weighted by molar-refractivity contribution is 7.99. The Hall–Kier alpha value is -1.41. The summed E-state index contributed by atoms with van der Waals surface area (Å²) in [6.45, 7) is 8.29. The van der Waals surface area contributed by atoms with Gasteiger partial charge in [-0.3, -0.25) is 0 Å². The Morgan fingerprint density at radius 1 is 0.789 bits per heavy atom. The fraction of sp³-hybridized carbons (Fsp3) is 0.294. The zero-order valence-electron chi connectivity index (χ0n) is 12.3. The molecule has 0 N–H and O–H groups in total. The standard InChI is InChI=1S/C15H15NS.C2H6/c1-10-4-6-12-14(8-10)17-15-9-11(2)5-7-13(15)16(12)3;1-2/h4-9H,1-3H3;1-2H3. The maximum atomic E-state index is 2.28. The minimum absolute atomic E-state index is 1.30. The predicted molar refractivity (Wildman–Crippen MR) is 85.9 cm³/mol. The Balaban J connectivity index is 0.000000637. The Labute approximate surface area is 120 Å². The van der Waals surface area contributed by atoms with Crippen LogP contribution in [-0.4, -0.2) is 7.05 Å². The fourth-order valence-corrected chi connectivity index (χ4v) is 3.55. The van der Waals surface area contributed by atoms with Crippen LogP contribution >= 0.6 is 11.8 Å². The van der Waals surface area contributed by atoms with E-state index < -0.39 is 0 Å². The normalized spacial score (nSPS) is 12.2. The maximum absolute atomic E-state index is 2.28. The second kappa shape index (κ2) is 5.70. The van der Waals surface area contributed by atoms with Crippen LogP contribution in [0.25, 0.3) is 0 Å². The molecular weight excluding hydrogens is 250 g/mol. The van der Waals surface area contributed by atoms with Crippen molar-refractivity contribution in [2.24, 2.45) is 0 Å². The molecule has 0 saturated heterocycles. The second-order valence-corrected chi connectivity index (χ2v) is 5.69. The van der Waals surface area contributed by atoms with E-state index in [0.29, 0.717) is 0 Å². The highest BCUT2D eigenvalue weighted by atomic mass is 32.2. The van der Waals surface area contributed by atoms with Crippen molar-refractivity contribution in [3.63, 3.8) is 0 Å². The van der Waals surface area contributed by atoms with Gasteiger partial charge < -0.3 is 4.90 Å². The average Bonchev–Trinajstić information content (AvgIpc) is 2.40. The molecule has 0 amide bonds. The molecular formula is C17H21NS. The van der Waals surface area contributed by atoms with Gasteiger partial charge in [0.05, 0.1) is 11.4 Å². The van der Waals surface area contributed by atoms with Crippen molar-refractivity contribution in [3.8, 4) is 0 Å². The molecule has 0 spiro atoms. The summed E-state index contributed by atoms with van der Waals surface area (Å²) < 4.78 is 0. The minimum atomic E-state index is 1.30. The summed E-state index contributed by atoms with van der Waals surface area (Å²) in [6, 6.07) is 13.3. The third-order valence-corrected chi connectivity index (χ3v) is 4.27. The highest BCUT2D eigenvalue weighted by Crippen LogP contribution is 2.47. The van der Waals surface area contributed by atoms with Crippen LogP contribution in [0.5, 0.6) is 0 Å². The molecule has 1 heterocycles. The van der Waals surface area contributed by atoms with E-state index in [9.17, 15) is 0 Å². The van der Waals surface area contributed by atoms with Crippen LogP contribution in [-0.2, 0) is 0 Å². The van der Waals surface area contributed by atoms with E-state index in [1.165, 1.54) is 32.3 Å². The largest absolute Gasteiger partial charge is 0.343 e. The molecule has 0 saturated carbocycles. The average molecular weight is 271 g/mol. The van der Waals surface area contributed by atoms with Crippen LogP contribution in [0.3, 0.4) is 0 Å². The van der Waals surface area contributed by atoms with Crippen molar-refractivity contribution in [2.45, 2.75) is 37.5 Å². The first-order valence-electron chi connectivity index (χ1n) is 6.78. The van der Waals surface area contributed by atoms with Gasteiger partial charge in [0.25, 0.3) is 0 Å². The Morgan fingerprint density at radius 3 is 1.63 bits per heavy atom. The molecule has 0 aromatic heterocycles. The summed E-state index contributed by atoms with van der Waals surface area (Å²) in [7, 11) is 2.14. The first kappa shape index (κ1) is 14.0. The smallest absolute Gasteiger partial charge is 0.0550 e. The van der Waals surface area contributed by atoms with Gasteiger partial charge in [-0.15, -0.1) is 0 Å². The molecule has 0 bridgehead atoms. The zero-order chi connectivity index (χ0) is 14.0. The third kappa shape index (κ3) is 2.64. The molecule has 1 aliphatic heterocycles. The summed E-state index contributed by atoms with van der Waals surface area (Å²) >= 11 is 1.87. The highest BCUT2D eigenvalue weighted by Gasteiger charge is 2.20. The van der Waals surface area contributed by atoms with E-state index in [2.05, 4.69) is 62.2 Å². The van der Waals surface area contributed by atoms with Gasteiger partial charge in [-0.2, -0.15) is 0 Å². The van der Waals surface area contributed by atoms with Gasteiger partial charge in [0.15, 0.2) is 0 Å². The van der Waals surface area contributed by atoms with Crippen molar-refractivity contribution < 1.29 is 0 Å². The van der Waals surface area contributed by atoms with Gasteiger partial charge in [0.1, 0.15) is 0 Å². The Kier molecular flexibility index (Phi) is 4.20. The molecule has 2 heteroatoms. The lowest BCUT2D eigenvalue weighted by molar-refractivity contribution is 1.10. The molecule has 3 rings (SSSR count). The molecule has 1 nitrogen and oxygen atoms in total. The van der Waals surface area contributed by atoms with Crippen LogP contribution in [0, 0.1) is 13.8 Å². The summed E-state index contributed by atoms with van der Waals surface area (Å²) in [5.74, 6) is 0. The SMILES string of the molecule is CC.Cc1ccc2c(c1)Sc1cc(C)ccc1N2C. The summed E-state index contributed by atoms with van der Waals surface area (Å²) in [5.41, 5.74) is 5.25. The monoisotopic (exact) mass is 271 g/mol. The Bertz CT molecular complexity index is 538. The van der Waals surface area contributed by atoms with Crippen molar-refractivity contribution in [1.82, 2.24) is 0 Å². The van der Waals surface area contributed by atoms with E-state index >= 15 is 0 Å². The molecule has 2 aromatic rings. The molecule has 2 aromatic carbocycles. The van der Waals surface area contributed by atoms with Gasteiger partial charge >= 0.3 is 0 Å². The van der Waals surface area contributed by atoms with Crippen molar-refractivity contribution in [1.29, 1.82) is 0 Å². The van der Waals surface area contributed by atoms with Crippen molar-refractivity contribution >= 4 is 23.1 Å². The van der Waals surface area contributed by atoms with Gasteiger partial charge in [-0.05, 0) is 49.2 Å². The van der Waals surface area contributed by atoms with Crippen LogP contribution in [0.15, 0.2) is 46.2 Å². The summed E-state index contributed by atoms with van der Waals surface area (Å²) in [5, 5.41) is 0. The van der Waals surface area contributed by atoms with E-state index in [4.69, 9.17) is 0 Å². The molecule has 100 valence electrons. The number of rotatable bonds is 0. The zero-order valence-corrected chi connectivity index (χ0v) is 13.1. The molecule has 0 aliphatic carbocycles. The van der Waals surface area contributed by atoms with Gasteiger partial charge in [-0.1, -0.05) is 37.7 Å². The van der Waals surface area contributed by atoms with E-state index in [0.717, 1.165) is 0 Å². The lowest BCUT2D eigenvalue weighted by Gasteiger charge is -2.29. The number of hydrogen-bond donors (Lipinski definition) is 0. The topological polar surface area (TPSA) is 3.24 Å². The molecule has 0 radical (unpaired) electrons. The molecule has 1 aliphatic rings. The predicted octanol–water partition coefficient (Wildman–Crippen LogP) is 5.56. The van der Waals surface area contributed by atoms with E-state index in [1.807, 2.05) is 25.6 Å². The number of aryl methyl sites for hydroxylation is 2. The number of benzene rings is 2. The summed E-state index contributed by atoms with van der Waals surface area (Å²) in [4.78, 5) is 4.98. The lowest BCUT2D eigenvalue weighted by atomic mass is 10.1. The van der Waals surface area contributed by atoms with E-state index in [1.54, 1.807) is 0 Å². The van der Waals surface area contributed by atoms with Crippen LogP contribution in [0.4, 0.5) is 11.4 Å². The molecule has 0 fully saturated rings. The number of fused-ring (bicyclic) bond motifs is 2.